The van der Waals surface area contributed by atoms with Gasteiger partial charge in [0.2, 0.25) is 5.91 Å². The largest absolute Gasteiger partial charge is 0.495 e. The first-order valence-corrected chi connectivity index (χ1v) is 9.26. The van der Waals surface area contributed by atoms with Crippen LogP contribution in [-0.4, -0.2) is 35.9 Å². The number of hydrogen-bond donors (Lipinski definition) is 1. The number of carbonyl (C=O) groups is 1. The molecule has 2 aromatic rings. The molecule has 0 aliphatic carbocycles. The van der Waals surface area contributed by atoms with E-state index in [0.717, 1.165) is 31.6 Å². The molecule has 0 saturated carbocycles. The van der Waals surface area contributed by atoms with Gasteiger partial charge in [-0.25, -0.2) is 4.68 Å². The van der Waals surface area contributed by atoms with E-state index in [4.69, 9.17) is 16.3 Å². The second kappa shape index (κ2) is 8.43. The molecule has 1 saturated heterocycles. The van der Waals surface area contributed by atoms with E-state index >= 15 is 0 Å². The Hall–Kier alpha value is -2.54. The summed E-state index contributed by atoms with van der Waals surface area (Å²) in [4.78, 5) is 26.4. The van der Waals surface area contributed by atoms with Crippen molar-refractivity contribution in [2.45, 2.75) is 19.3 Å². The van der Waals surface area contributed by atoms with Gasteiger partial charge in [-0.2, -0.15) is 5.10 Å². The van der Waals surface area contributed by atoms with E-state index in [9.17, 15) is 9.59 Å². The minimum atomic E-state index is -0.139. The highest BCUT2D eigenvalue weighted by atomic mass is 35.5. The number of methoxy groups -OCH3 is 1. The van der Waals surface area contributed by atoms with Gasteiger partial charge in [-0.15, -0.1) is 0 Å². The smallest absolute Gasteiger partial charge is 0.268 e. The minimum absolute atomic E-state index is 0.0792. The lowest BCUT2D eigenvalue weighted by atomic mass is 9.94. The normalized spacial score (nSPS) is 16.9. The van der Waals surface area contributed by atoms with Crippen molar-refractivity contribution in [3.8, 4) is 5.75 Å². The molecule has 1 aliphatic rings. The van der Waals surface area contributed by atoms with Crippen molar-refractivity contribution in [2.75, 3.05) is 30.4 Å². The number of nitrogens with zero attached hydrogens (tertiary/aromatic N) is 3. The van der Waals surface area contributed by atoms with Gasteiger partial charge in [-0.3, -0.25) is 9.59 Å². The summed E-state index contributed by atoms with van der Waals surface area (Å²) in [6, 6.07) is 6.71. The van der Waals surface area contributed by atoms with Gasteiger partial charge in [-0.05, 0) is 37.0 Å². The maximum Gasteiger partial charge on any atom is 0.268 e. The van der Waals surface area contributed by atoms with Crippen molar-refractivity contribution < 1.29 is 9.53 Å². The van der Waals surface area contributed by atoms with Crippen molar-refractivity contribution in [2.24, 2.45) is 13.0 Å². The van der Waals surface area contributed by atoms with Crippen LogP contribution in [-0.2, 0) is 11.8 Å². The van der Waals surface area contributed by atoms with Crippen molar-refractivity contribution in [1.29, 1.82) is 0 Å². The first-order chi connectivity index (χ1) is 13.0. The molecule has 1 fully saturated rings. The number of rotatable bonds is 5. The zero-order valence-corrected chi connectivity index (χ0v) is 16.2. The van der Waals surface area contributed by atoms with E-state index in [1.54, 1.807) is 44.6 Å². The van der Waals surface area contributed by atoms with E-state index in [1.807, 2.05) is 0 Å². The first kappa shape index (κ1) is 19.2. The van der Waals surface area contributed by atoms with Crippen LogP contribution < -0.4 is 20.5 Å². The molecule has 1 N–H and O–H groups in total. The summed E-state index contributed by atoms with van der Waals surface area (Å²) in [5, 5.41) is 7.50. The summed E-state index contributed by atoms with van der Waals surface area (Å²) in [6.07, 6.45) is 4.02. The fourth-order valence-corrected chi connectivity index (χ4v) is 3.51. The van der Waals surface area contributed by atoms with E-state index in [-0.39, 0.29) is 17.4 Å². The molecular weight excluding hydrogens is 368 g/mol. The van der Waals surface area contributed by atoms with Crippen LogP contribution in [0.5, 0.6) is 5.75 Å². The topological polar surface area (TPSA) is 76.5 Å². The van der Waals surface area contributed by atoms with Crippen LogP contribution in [0.4, 0.5) is 11.4 Å². The Labute approximate surface area is 162 Å². The first-order valence-electron chi connectivity index (χ1n) is 8.88. The maximum atomic E-state index is 12.5. The standard InChI is InChI=1S/C19H23ClN4O3/c1-23-19(26)10-15(11-21-23)24-7-3-4-13(12-24)8-18(25)22-16-9-14(20)5-6-17(16)27-2/h5-6,9-11,13H,3-4,7-8,12H2,1-2H3,(H,22,25). The highest BCUT2D eigenvalue weighted by Crippen LogP contribution is 2.29. The molecule has 1 aromatic carbocycles. The number of nitrogens with one attached hydrogen (secondary N) is 1. The Morgan fingerprint density at radius 2 is 2.22 bits per heavy atom. The van der Waals surface area contributed by atoms with Gasteiger partial charge in [0.1, 0.15) is 5.75 Å². The van der Waals surface area contributed by atoms with Gasteiger partial charge < -0.3 is 15.0 Å². The number of ether oxygens (including phenoxy) is 1. The molecule has 1 unspecified atom stereocenters. The third kappa shape index (κ3) is 4.80. The van der Waals surface area contributed by atoms with Crippen LogP contribution in [0.2, 0.25) is 5.02 Å². The Kier molecular flexibility index (Phi) is 6.01. The molecule has 1 amide bonds. The van der Waals surface area contributed by atoms with Crippen molar-refractivity contribution >= 4 is 28.9 Å². The van der Waals surface area contributed by atoms with Gasteiger partial charge >= 0.3 is 0 Å². The number of amides is 1. The number of aryl methyl sites for hydroxylation is 1. The van der Waals surface area contributed by atoms with Crippen LogP contribution in [0.1, 0.15) is 19.3 Å². The molecule has 0 radical (unpaired) electrons. The van der Waals surface area contributed by atoms with Crippen molar-refractivity contribution in [1.82, 2.24) is 9.78 Å². The van der Waals surface area contributed by atoms with Crippen LogP contribution in [0.15, 0.2) is 35.3 Å². The zero-order valence-electron chi connectivity index (χ0n) is 15.4. The monoisotopic (exact) mass is 390 g/mol. The Morgan fingerprint density at radius 1 is 1.41 bits per heavy atom. The molecule has 144 valence electrons. The highest BCUT2D eigenvalue weighted by molar-refractivity contribution is 6.31. The number of carbonyl (C=O) groups excluding carboxylic acids is 1. The number of hydrogen-bond acceptors (Lipinski definition) is 5. The third-order valence-corrected chi connectivity index (χ3v) is 4.98. The second-order valence-corrected chi connectivity index (χ2v) is 7.16. The van der Waals surface area contributed by atoms with Gasteiger partial charge in [-0.1, -0.05) is 11.6 Å². The number of anilines is 2. The predicted octanol–water partition coefficient (Wildman–Crippen LogP) is 2.69. The lowest BCUT2D eigenvalue weighted by Crippen LogP contribution is -2.38. The number of benzene rings is 1. The van der Waals surface area contributed by atoms with Crippen LogP contribution in [0.3, 0.4) is 0 Å². The van der Waals surface area contributed by atoms with Crippen molar-refractivity contribution in [3.63, 3.8) is 0 Å². The summed E-state index contributed by atoms with van der Waals surface area (Å²) >= 11 is 6.01. The number of piperidine rings is 1. The SMILES string of the molecule is COc1ccc(Cl)cc1NC(=O)CC1CCCN(c2cnn(C)c(=O)c2)C1. The van der Waals surface area contributed by atoms with Gasteiger partial charge in [0, 0.05) is 37.6 Å². The van der Waals surface area contributed by atoms with Crippen molar-refractivity contribution in [3.05, 3.63) is 45.8 Å². The zero-order chi connectivity index (χ0) is 19.4. The minimum Gasteiger partial charge on any atom is -0.495 e. The van der Waals surface area contributed by atoms with Crippen LogP contribution in [0.25, 0.3) is 0 Å². The predicted molar refractivity (Wildman–Crippen MR) is 106 cm³/mol. The molecule has 0 bridgehead atoms. The molecule has 27 heavy (non-hydrogen) atoms. The summed E-state index contributed by atoms with van der Waals surface area (Å²) in [5.41, 5.74) is 1.23. The molecule has 8 heteroatoms. The lowest BCUT2D eigenvalue weighted by molar-refractivity contribution is -0.117. The second-order valence-electron chi connectivity index (χ2n) is 6.73. The highest BCUT2D eigenvalue weighted by Gasteiger charge is 2.23. The third-order valence-electron chi connectivity index (χ3n) is 4.75. The molecule has 1 atom stereocenters. The number of aromatic nitrogens is 2. The Morgan fingerprint density at radius 3 is 2.96 bits per heavy atom. The molecule has 1 aliphatic heterocycles. The molecule has 1 aromatic heterocycles. The number of halogens is 1. The fourth-order valence-electron chi connectivity index (χ4n) is 3.34. The summed E-state index contributed by atoms with van der Waals surface area (Å²) in [5.74, 6) is 0.696. The molecule has 7 nitrogen and oxygen atoms in total. The quantitative estimate of drug-likeness (QED) is 0.849. The van der Waals surface area contributed by atoms with E-state index in [0.29, 0.717) is 22.9 Å². The fraction of sp³-hybridized carbons (Fsp3) is 0.421. The van der Waals surface area contributed by atoms with Gasteiger partial charge in [0.15, 0.2) is 0 Å². The van der Waals surface area contributed by atoms with Crippen LogP contribution >= 0.6 is 11.6 Å². The summed E-state index contributed by atoms with van der Waals surface area (Å²) in [7, 11) is 3.18. The molecular formula is C19H23ClN4O3. The molecule has 0 spiro atoms. The summed E-state index contributed by atoms with van der Waals surface area (Å²) in [6.45, 7) is 1.57. The van der Waals surface area contributed by atoms with E-state index in [1.165, 1.54) is 4.68 Å². The maximum absolute atomic E-state index is 12.5. The van der Waals surface area contributed by atoms with Gasteiger partial charge in [0.05, 0.1) is 24.7 Å². The molecule has 2 heterocycles. The average Bonchev–Trinajstić information content (AvgIpc) is 2.64. The average molecular weight is 391 g/mol. The van der Waals surface area contributed by atoms with E-state index in [2.05, 4.69) is 15.3 Å². The Bertz CT molecular complexity index is 883. The lowest BCUT2D eigenvalue weighted by Gasteiger charge is -2.33. The Balaban J connectivity index is 1.63. The van der Waals surface area contributed by atoms with Gasteiger partial charge in [0.25, 0.3) is 5.56 Å². The van der Waals surface area contributed by atoms with Crippen LogP contribution in [0, 0.1) is 5.92 Å². The summed E-state index contributed by atoms with van der Waals surface area (Å²) < 4.78 is 6.57. The molecule has 3 rings (SSSR count). The van der Waals surface area contributed by atoms with E-state index < -0.39 is 0 Å².